The number of carbonyl (C=O) groups is 1. The molecule has 0 N–H and O–H groups in total. The molecule has 22 heavy (non-hydrogen) atoms. The van der Waals surface area contributed by atoms with Crippen LogP contribution < -0.4 is 4.74 Å². The molecule has 3 nitrogen and oxygen atoms in total. The monoisotopic (exact) mass is 314 g/mol. The Bertz CT molecular complexity index is 696. The Morgan fingerprint density at radius 1 is 1.05 bits per heavy atom. The highest BCUT2D eigenvalue weighted by Crippen LogP contribution is 2.41. The lowest BCUT2D eigenvalue weighted by atomic mass is 9.91. The summed E-state index contributed by atoms with van der Waals surface area (Å²) in [4.78, 5) is 12.8. The molecule has 0 fully saturated rings. The Morgan fingerprint density at radius 2 is 1.64 bits per heavy atom. The average Bonchev–Trinajstić information content (AvgIpc) is 2.53. The highest BCUT2D eigenvalue weighted by Gasteiger charge is 2.43. The van der Waals surface area contributed by atoms with Crippen LogP contribution in [0, 0.1) is 13.8 Å². The molecule has 114 valence electrons. The second-order valence-corrected chi connectivity index (χ2v) is 6.22. The van der Waals surface area contributed by atoms with Crippen molar-refractivity contribution in [2.45, 2.75) is 32.3 Å². The Morgan fingerprint density at radius 3 is 2.18 bits per heavy atom. The average molecular weight is 314 g/mol. The number of benzene rings is 2. The lowest BCUT2D eigenvalue weighted by molar-refractivity contribution is -0.137. The van der Waals surface area contributed by atoms with E-state index < -0.39 is 11.1 Å². The van der Waals surface area contributed by atoms with Crippen LogP contribution in [-0.4, -0.2) is 5.97 Å². The van der Waals surface area contributed by atoms with E-state index in [0.29, 0.717) is 12.2 Å². The van der Waals surface area contributed by atoms with Crippen LogP contribution in [0.1, 0.15) is 30.0 Å². The van der Waals surface area contributed by atoms with Crippen molar-refractivity contribution >= 4 is 14.4 Å². The first-order valence-electron chi connectivity index (χ1n) is 7.23. The molecule has 0 saturated heterocycles. The van der Waals surface area contributed by atoms with Gasteiger partial charge >= 0.3 is 5.97 Å². The number of rotatable bonds is 5. The quantitative estimate of drug-likeness (QED) is 0.452. The maximum Gasteiger partial charge on any atom is 0.333 e. The molecule has 0 aromatic heterocycles. The van der Waals surface area contributed by atoms with Gasteiger partial charge in [-0.2, -0.15) is 0 Å². The van der Waals surface area contributed by atoms with Gasteiger partial charge in [0, 0.05) is 0 Å². The van der Waals surface area contributed by atoms with Gasteiger partial charge in [0.25, 0.3) is 0 Å². The summed E-state index contributed by atoms with van der Waals surface area (Å²) in [5, 5.41) is -1.17. The third-order valence-corrected chi connectivity index (χ3v) is 4.94. The predicted octanol–water partition coefficient (Wildman–Crippen LogP) is 4.81. The van der Waals surface area contributed by atoms with Crippen LogP contribution in [0.4, 0.5) is 0 Å². The Kier molecular flexibility index (Phi) is 5.10. The number of ether oxygens (including phenoxy) is 1. The summed E-state index contributed by atoms with van der Waals surface area (Å²) in [6, 6.07) is 14.8. The van der Waals surface area contributed by atoms with Gasteiger partial charge in [0.15, 0.2) is 13.6 Å². The fourth-order valence-corrected chi connectivity index (χ4v) is 3.09. The molecule has 2 rings (SSSR count). The summed E-state index contributed by atoms with van der Waals surface area (Å²) < 4.78 is 17.5. The molecule has 1 atom stereocenters. The van der Waals surface area contributed by atoms with Gasteiger partial charge in [-0.25, -0.2) is 4.79 Å². The molecule has 0 aliphatic heterocycles. The smallest absolute Gasteiger partial charge is 0.333 e. The lowest BCUT2D eigenvalue weighted by Gasteiger charge is -2.25. The van der Waals surface area contributed by atoms with Crippen molar-refractivity contribution in [1.82, 2.24) is 0 Å². The van der Waals surface area contributed by atoms with Crippen molar-refractivity contribution in [3.63, 3.8) is 0 Å². The standard InChI is InChI=1S/C18H19O3P/c1-4-18(22-20,15-11-7-5-9-13(15)2)17(19)21-16-12-8-6-10-14(16)3/h5-12H,4H2,1-3H3. The molecule has 0 aliphatic rings. The first kappa shape index (κ1) is 16.4. The van der Waals surface area contributed by atoms with Crippen LogP contribution >= 0.6 is 8.46 Å². The van der Waals surface area contributed by atoms with E-state index >= 15 is 0 Å². The molecular weight excluding hydrogens is 295 g/mol. The first-order chi connectivity index (χ1) is 10.5. The van der Waals surface area contributed by atoms with E-state index in [1.165, 1.54) is 0 Å². The fraction of sp³-hybridized carbons (Fsp3) is 0.278. The SMILES string of the molecule is CCC(P=O)(C(=O)Oc1ccccc1C)c1ccccc1C. The molecule has 0 heterocycles. The summed E-state index contributed by atoms with van der Waals surface area (Å²) in [5.74, 6) is 0.0119. The van der Waals surface area contributed by atoms with Crippen molar-refractivity contribution in [2.75, 3.05) is 0 Å². The zero-order valence-corrected chi connectivity index (χ0v) is 13.9. The summed E-state index contributed by atoms with van der Waals surface area (Å²) in [7, 11) is -0.255. The van der Waals surface area contributed by atoms with Gasteiger partial charge in [0.2, 0.25) is 0 Å². The molecule has 0 bridgehead atoms. The van der Waals surface area contributed by atoms with E-state index in [2.05, 4.69) is 0 Å². The van der Waals surface area contributed by atoms with Crippen LogP contribution in [0.3, 0.4) is 0 Å². The van der Waals surface area contributed by atoms with E-state index in [1.807, 2.05) is 63.2 Å². The van der Waals surface area contributed by atoms with Crippen molar-refractivity contribution in [2.24, 2.45) is 0 Å². The molecule has 1 unspecified atom stereocenters. The molecule has 0 saturated carbocycles. The van der Waals surface area contributed by atoms with Crippen LogP contribution in [0.25, 0.3) is 0 Å². The second-order valence-electron chi connectivity index (χ2n) is 5.28. The van der Waals surface area contributed by atoms with Crippen molar-refractivity contribution < 1.29 is 14.1 Å². The third-order valence-electron chi connectivity index (χ3n) is 3.89. The zero-order valence-electron chi connectivity index (χ0n) is 13.0. The third kappa shape index (κ3) is 2.95. The van der Waals surface area contributed by atoms with Gasteiger partial charge in [0.05, 0.1) is 0 Å². The van der Waals surface area contributed by atoms with E-state index in [1.54, 1.807) is 6.07 Å². The van der Waals surface area contributed by atoms with E-state index in [4.69, 9.17) is 4.74 Å². The van der Waals surface area contributed by atoms with Crippen LogP contribution in [-0.2, 0) is 14.5 Å². The maximum absolute atomic E-state index is 12.8. The van der Waals surface area contributed by atoms with Crippen LogP contribution in [0.15, 0.2) is 48.5 Å². The van der Waals surface area contributed by atoms with Crippen molar-refractivity contribution in [3.05, 3.63) is 65.2 Å². The Hall–Kier alpha value is -1.99. The van der Waals surface area contributed by atoms with E-state index in [9.17, 15) is 9.36 Å². The van der Waals surface area contributed by atoms with Gasteiger partial charge < -0.3 is 4.74 Å². The molecule has 4 heteroatoms. The molecular formula is C18H19O3P. The minimum atomic E-state index is -1.17. The summed E-state index contributed by atoms with van der Waals surface area (Å²) in [6.45, 7) is 5.63. The summed E-state index contributed by atoms with van der Waals surface area (Å²) in [5.41, 5.74) is 2.54. The normalized spacial score (nSPS) is 13.6. The number of esters is 1. The number of carbonyl (C=O) groups excluding carboxylic acids is 1. The largest absolute Gasteiger partial charge is 0.425 e. The van der Waals surface area contributed by atoms with Gasteiger partial charge in [-0.1, -0.05) is 49.4 Å². The maximum atomic E-state index is 12.8. The summed E-state index contributed by atoms with van der Waals surface area (Å²) in [6.07, 6.45) is 0.396. The zero-order chi connectivity index (χ0) is 16.2. The minimum Gasteiger partial charge on any atom is -0.425 e. The highest BCUT2D eigenvalue weighted by atomic mass is 31.1. The molecule has 2 aromatic rings. The Labute approximate surface area is 132 Å². The van der Waals surface area contributed by atoms with Crippen LogP contribution in [0.5, 0.6) is 5.75 Å². The number of para-hydroxylation sites is 1. The van der Waals surface area contributed by atoms with Gasteiger partial charge in [0.1, 0.15) is 5.75 Å². The van der Waals surface area contributed by atoms with E-state index in [-0.39, 0.29) is 8.46 Å². The second kappa shape index (κ2) is 6.85. The molecule has 2 aromatic carbocycles. The molecule has 0 aliphatic carbocycles. The molecule has 0 radical (unpaired) electrons. The van der Waals surface area contributed by atoms with Gasteiger partial charge in [-0.15, -0.1) is 0 Å². The fourth-order valence-electron chi connectivity index (χ4n) is 2.49. The number of hydrogen-bond acceptors (Lipinski definition) is 3. The van der Waals surface area contributed by atoms with Crippen molar-refractivity contribution in [3.8, 4) is 5.75 Å². The minimum absolute atomic E-state index is 0.255. The van der Waals surface area contributed by atoms with E-state index in [0.717, 1.165) is 16.7 Å². The molecule has 0 amide bonds. The topological polar surface area (TPSA) is 43.4 Å². The predicted molar refractivity (Wildman–Crippen MR) is 87.6 cm³/mol. The van der Waals surface area contributed by atoms with Gasteiger partial charge in [-0.05, 0) is 43.0 Å². The van der Waals surface area contributed by atoms with Crippen LogP contribution in [0.2, 0.25) is 0 Å². The number of aryl methyl sites for hydroxylation is 2. The first-order valence-corrected chi connectivity index (χ1v) is 8.05. The lowest BCUT2D eigenvalue weighted by Crippen LogP contribution is -2.34. The molecule has 0 spiro atoms. The van der Waals surface area contributed by atoms with Crippen molar-refractivity contribution in [1.29, 1.82) is 0 Å². The number of hydrogen-bond donors (Lipinski definition) is 0. The highest BCUT2D eigenvalue weighted by molar-refractivity contribution is 7.27. The van der Waals surface area contributed by atoms with Gasteiger partial charge in [-0.3, -0.25) is 4.57 Å². The Balaban J connectivity index is 2.44. The summed E-state index contributed by atoms with van der Waals surface area (Å²) >= 11 is 0.